The molecule has 0 bridgehead atoms. The molecule has 0 saturated heterocycles. The van der Waals surface area contributed by atoms with Crippen molar-refractivity contribution in [3.8, 4) is 35.4 Å². The van der Waals surface area contributed by atoms with Crippen molar-refractivity contribution in [2.45, 2.75) is 19.8 Å². The fraction of sp³-hybridized carbons (Fsp3) is 0.208. The molecule has 0 spiro atoms. The average molecular weight is 434 g/mol. The molecule has 2 aromatic carbocycles. The van der Waals surface area contributed by atoms with Gasteiger partial charge < -0.3 is 15.2 Å². The van der Waals surface area contributed by atoms with Crippen molar-refractivity contribution in [3.05, 3.63) is 47.7 Å². The van der Waals surface area contributed by atoms with Gasteiger partial charge in [0.05, 0.1) is 18.1 Å². The van der Waals surface area contributed by atoms with Crippen LogP contribution in [0.1, 0.15) is 25.3 Å². The number of terminal acetylenes is 1. The van der Waals surface area contributed by atoms with Crippen molar-refractivity contribution in [2.75, 3.05) is 19.0 Å². The van der Waals surface area contributed by atoms with Crippen molar-refractivity contribution in [3.63, 3.8) is 0 Å². The number of phenols is 1. The highest BCUT2D eigenvalue weighted by Gasteiger charge is 2.21. The number of halogens is 2. The monoisotopic (exact) mass is 434 g/mol. The van der Waals surface area contributed by atoms with Crippen LogP contribution in [0.3, 0.4) is 0 Å². The van der Waals surface area contributed by atoms with Gasteiger partial charge in [0, 0.05) is 23.7 Å². The van der Waals surface area contributed by atoms with E-state index < -0.39 is 11.6 Å². The maximum Gasteiger partial charge on any atom is 0.318 e. The molecule has 0 aliphatic carbocycles. The van der Waals surface area contributed by atoms with E-state index in [4.69, 9.17) is 11.2 Å². The van der Waals surface area contributed by atoms with E-state index in [0.29, 0.717) is 23.1 Å². The van der Waals surface area contributed by atoms with Gasteiger partial charge in [0.1, 0.15) is 28.6 Å². The minimum Gasteiger partial charge on any atom is -0.508 e. The zero-order chi connectivity index (χ0) is 22.8. The molecule has 8 heteroatoms. The van der Waals surface area contributed by atoms with Crippen molar-refractivity contribution in [1.82, 2.24) is 15.0 Å². The van der Waals surface area contributed by atoms with E-state index in [1.54, 1.807) is 0 Å². The molecule has 0 aliphatic heterocycles. The van der Waals surface area contributed by atoms with E-state index in [1.165, 1.54) is 37.6 Å². The first-order valence-electron chi connectivity index (χ1n) is 10.0. The van der Waals surface area contributed by atoms with Crippen molar-refractivity contribution in [2.24, 2.45) is 0 Å². The minimum atomic E-state index is -0.763. The van der Waals surface area contributed by atoms with Gasteiger partial charge in [-0.05, 0) is 30.0 Å². The summed E-state index contributed by atoms with van der Waals surface area (Å²) in [4.78, 5) is 12.7. The summed E-state index contributed by atoms with van der Waals surface area (Å²) in [6.45, 7) is 2.69. The summed E-state index contributed by atoms with van der Waals surface area (Å²) in [5.74, 6) is 1.19. The highest BCUT2D eigenvalue weighted by Crippen LogP contribution is 2.38. The largest absolute Gasteiger partial charge is 0.508 e. The number of benzene rings is 2. The van der Waals surface area contributed by atoms with Crippen LogP contribution < -0.4 is 10.1 Å². The molecule has 162 valence electrons. The number of pyridine rings is 1. The second-order valence-electron chi connectivity index (χ2n) is 7.18. The van der Waals surface area contributed by atoms with Gasteiger partial charge in [-0.2, -0.15) is 9.97 Å². The fourth-order valence-electron chi connectivity index (χ4n) is 3.59. The van der Waals surface area contributed by atoms with Crippen LogP contribution in [0, 0.1) is 24.0 Å². The molecule has 2 heterocycles. The van der Waals surface area contributed by atoms with Crippen LogP contribution in [-0.2, 0) is 0 Å². The molecule has 0 radical (unpaired) electrons. The molecule has 2 aromatic heterocycles. The first-order valence-corrected chi connectivity index (χ1v) is 10.0. The summed E-state index contributed by atoms with van der Waals surface area (Å²) in [5.41, 5.74) is -0.0253. The predicted molar refractivity (Wildman–Crippen MR) is 120 cm³/mol. The lowest BCUT2D eigenvalue weighted by Crippen LogP contribution is -2.07. The van der Waals surface area contributed by atoms with E-state index in [0.717, 1.165) is 12.8 Å². The molecule has 0 aliphatic rings. The van der Waals surface area contributed by atoms with Crippen LogP contribution in [0.2, 0.25) is 0 Å². The molecular formula is C24H20F2N4O2. The van der Waals surface area contributed by atoms with Crippen LogP contribution >= 0.6 is 0 Å². The number of hydrogen-bond donors (Lipinski definition) is 2. The Labute approximate surface area is 183 Å². The molecule has 2 N–H and O–H groups in total. The van der Waals surface area contributed by atoms with Crippen molar-refractivity contribution < 1.29 is 18.6 Å². The summed E-state index contributed by atoms with van der Waals surface area (Å²) in [5, 5.41) is 14.5. The number of unbranched alkanes of at least 4 members (excludes halogenated alkanes) is 1. The van der Waals surface area contributed by atoms with Crippen LogP contribution in [0.15, 0.2) is 30.5 Å². The Balaban J connectivity index is 2.01. The summed E-state index contributed by atoms with van der Waals surface area (Å²) in [6, 6.07) is 5.40. The van der Waals surface area contributed by atoms with Gasteiger partial charge in [0.15, 0.2) is 5.82 Å². The van der Waals surface area contributed by atoms with Crippen LogP contribution in [0.5, 0.6) is 11.8 Å². The van der Waals surface area contributed by atoms with Crippen LogP contribution in [0.4, 0.5) is 14.6 Å². The predicted octanol–water partition coefficient (Wildman–Crippen LogP) is 5.03. The first-order chi connectivity index (χ1) is 15.5. The number of rotatable bonds is 6. The topological polar surface area (TPSA) is 80.2 Å². The van der Waals surface area contributed by atoms with Crippen molar-refractivity contribution >= 4 is 27.5 Å². The third-order valence-corrected chi connectivity index (χ3v) is 5.12. The highest BCUT2D eigenvalue weighted by atomic mass is 19.1. The molecule has 0 amide bonds. The average Bonchev–Trinajstić information content (AvgIpc) is 2.79. The van der Waals surface area contributed by atoms with Gasteiger partial charge in [-0.25, -0.2) is 8.78 Å². The number of methoxy groups -OCH3 is 1. The number of anilines is 1. The van der Waals surface area contributed by atoms with Gasteiger partial charge in [0.2, 0.25) is 0 Å². The molecule has 0 saturated carbocycles. The summed E-state index contributed by atoms with van der Waals surface area (Å²) in [6.07, 6.45) is 8.85. The Hall–Kier alpha value is -3.99. The van der Waals surface area contributed by atoms with E-state index >= 15 is 4.39 Å². The van der Waals surface area contributed by atoms with E-state index in [9.17, 15) is 9.50 Å². The third kappa shape index (κ3) is 3.62. The number of phenolic OH excluding ortho intramolecular Hbond substituents is 1. The standard InChI is InChI=1S/C24H20F2N4O2/c1-4-6-9-27-23-17-12-28-21(20(26)22(17)29-24(30-23)32-3)16-11-14(31)10-13-7-8-18(25)15(5-2)19(13)16/h2,7-8,10-12,31H,4,6,9H2,1,3H3,(H,27,29,30). The molecular weight excluding hydrogens is 414 g/mol. The van der Waals surface area contributed by atoms with E-state index in [1.807, 2.05) is 0 Å². The van der Waals surface area contributed by atoms with E-state index in [2.05, 4.69) is 33.1 Å². The number of ether oxygens (including phenoxy) is 1. The number of nitrogens with one attached hydrogen (secondary N) is 1. The van der Waals surface area contributed by atoms with Gasteiger partial charge in [-0.3, -0.25) is 4.98 Å². The Kier molecular flexibility index (Phi) is 5.73. The lowest BCUT2D eigenvalue weighted by Gasteiger charge is -2.14. The minimum absolute atomic E-state index is 0.0105. The lowest BCUT2D eigenvalue weighted by atomic mass is 9.96. The Morgan fingerprint density at radius 1 is 1.22 bits per heavy atom. The maximum absolute atomic E-state index is 15.8. The second-order valence-corrected chi connectivity index (χ2v) is 7.18. The first kappa shape index (κ1) is 21.2. The molecule has 0 fully saturated rings. The molecule has 4 rings (SSSR count). The Morgan fingerprint density at radius 2 is 2.03 bits per heavy atom. The van der Waals surface area contributed by atoms with Gasteiger partial charge in [-0.1, -0.05) is 25.3 Å². The molecule has 32 heavy (non-hydrogen) atoms. The Morgan fingerprint density at radius 3 is 2.75 bits per heavy atom. The number of nitrogens with zero attached hydrogens (tertiary/aromatic N) is 3. The number of fused-ring (bicyclic) bond motifs is 2. The van der Waals surface area contributed by atoms with Crippen LogP contribution in [0.25, 0.3) is 32.9 Å². The van der Waals surface area contributed by atoms with Crippen LogP contribution in [-0.4, -0.2) is 33.7 Å². The number of hydrogen-bond acceptors (Lipinski definition) is 6. The maximum atomic E-state index is 15.8. The number of aromatic hydroxyl groups is 1. The molecule has 6 nitrogen and oxygen atoms in total. The fourth-order valence-corrected chi connectivity index (χ4v) is 3.59. The third-order valence-electron chi connectivity index (χ3n) is 5.12. The molecule has 0 atom stereocenters. The SMILES string of the molecule is C#Cc1c(F)ccc2cc(O)cc(-c3ncc4c(NCCCC)nc(OC)nc4c3F)c12. The smallest absolute Gasteiger partial charge is 0.318 e. The summed E-state index contributed by atoms with van der Waals surface area (Å²) < 4.78 is 35.3. The highest BCUT2D eigenvalue weighted by molar-refractivity contribution is 6.02. The quantitative estimate of drug-likeness (QED) is 0.327. The summed E-state index contributed by atoms with van der Waals surface area (Å²) >= 11 is 0. The zero-order valence-electron chi connectivity index (χ0n) is 17.5. The number of aromatic nitrogens is 3. The summed E-state index contributed by atoms with van der Waals surface area (Å²) in [7, 11) is 1.39. The molecule has 4 aromatic rings. The van der Waals surface area contributed by atoms with E-state index in [-0.39, 0.29) is 39.5 Å². The van der Waals surface area contributed by atoms with Gasteiger partial charge >= 0.3 is 6.01 Å². The normalized spacial score (nSPS) is 11.0. The second kappa shape index (κ2) is 8.63. The van der Waals surface area contributed by atoms with Crippen molar-refractivity contribution in [1.29, 1.82) is 0 Å². The Bertz CT molecular complexity index is 1380. The zero-order valence-corrected chi connectivity index (χ0v) is 17.5. The van der Waals surface area contributed by atoms with Gasteiger partial charge in [0.25, 0.3) is 0 Å². The lowest BCUT2D eigenvalue weighted by molar-refractivity contribution is 0.382. The molecule has 0 unspecified atom stereocenters. The van der Waals surface area contributed by atoms with Gasteiger partial charge in [-0.15, -0.1) is 6.42 Å².